The van der Waals surface area contributed by atoms with Gasteiger partial charge in [0, 0.05) is 36.2 Å². The summed E-state index contributed by atoms with van der Waals surface area (Å²) in [7, 11) is 1.70. The summed E-state index contributed by atoms with van der Waals surface area (Å²) in [4.78, 5) is 15.5. The number of carbonyl (C=O) groups is 1. The van der Waals surface area contributed by atoms with Crippen LogP contribution in [-0.4, -0.2) is 54.9 Å². The van der Waals surface area contributed by atoms with Gasteiger partial charge in [0.1, 0.15) is 0 Å². The Morgan fingerprint density at radius 1 is 1.41 bits per heavy atom. The maximum absolute atomic E-state index is 12.1. The first-order valence-corrected chi connectivity index (χ1v) is 8.80. The average Bonchev–Trinajstić information content (AvgIpc) is 2.90. The molecule has 0 aliphatic carbocycles. The topological polar surface area (TPSA) is 41.6 Å². The van der Waals surface area contributed by atoms with E-state index in [4.69, 9.17) is 16.3 Å². The minimum Gasteiger partial charge on any atom is -0.378 e. The maximum atomic E-state index is 12.1. The molecule has 0 aromatic heterocycles. The zero-order valence-corrected chi connectivity index (χ0v) is 14.8. The Kier molecular flexibility index (Phi) is 6.56. The molecule has 2 rings (SSSR count). The zero-order valence-electron chi connectivity index (χ0n) is 13.2. The number of carbonyl (C=O) groups excluding carboxylic acids is 1. The van der Waals surface area contributed by atoms with Crippen molar-refractivity contribution in [3.05, 3.63) is 29.3 Å². The number of hydrogen-bond donors (Lipinski definition) is 1. The summed E-state index contributed by atoms with van der Waals surface area (Å²) >= 11 is 7.36. The van der Waals surface area contributed by atoms with E-state index >= 15 is 0 Å². The molecular weight excluding hydrogens is 320 g/mol. The van der Waals surface area contributed by atoms with Gasteiger partial charge in [-0.3, -0.25) is 9.69 Å². The van der Waals surface area contributed by atoms with Crippen LogP contribution in [0.15, 0.2) is 29.2 Å². The summed E-state index contributed by atoms with van der Waals surface area (Å²) in [5, 5.41) is 3.80. The lowest BCUT2D eigenvalue weighted by atomic mass is 10.2. The normalized spacial score (nSPS) is 22.2. The number of nitrogens with zero attached hydrogens (tertiary/aromatic N) is 1. The molecule has 1 amide bonds. The first-order valence-electron chi connectivity index (χ1n) is 7.44. The number of halogens is 1. The second-order valence-electron chi connectivity index (χ2n) is 5.74. The average molecular weight is 343 g/mol. The van der Waals surface area contributed by atoms with Crippen LogP contribution in [0.25, 0.3) is 0 Å². The van der Waals surface area contributed by atoms with Crippen molar-refractivity contribution >= 4 is 29.3 Å². The molecule has 1 aliphatic rings. The van der Waals surface area contributed by atoms with Crippen LogP contribution >= 0.6 is 23.4 Å². The van der Waals surface area contributed by atoms with E-state index in [2.05, 4.69) is 24.1 Å². The molecule has 0 unspecified atom stereocenters. The SMILES string of the molecule is CO[C@@H]1CN(C(C)C)C[C@H]1NC(=O)CSc1ccc(Cl)cc1. The van der Waals surface area contributed by atoms with Gasteiger partial charge in [0.25, 0.3) is 0 Å². The maximum Gasteiger partial charge on any atom is 0.230 e. The van der Waals surface area contributed by atoms with Gasteiger partial charge in [-0.2, -0.15) is 0 Å². The smallest absolute Gasteiger partial charge is 0.230 e. The second kappa shape index (κ2) is 8.20. The molecule has 1 aromatic rings. The van der Waals surface area contributed by atoms with Crippen molar-refractivity contribution in [3.63, 3.8) is 0 Å². The molecule has 6 heteroatoms. The van der Waals surface area contributed by atoms with Crippen molar-refractivity contribution in [1.82, 2.24) is 10.2 Å². The van der Waals surface area contributed by atoms with Crippen molar-refractivity contribution < 1.29 is 9.53 Å². The van der Waals surface area contributed by atoms with Crippen molar-refractivity contribution in [2.45, 2.75) is 36.9 Å². The third-order valence-electron chi connectivity index (χ3n) is 3.86. The van der Waals surface area contributed by atoms with Crippen LogP contribution < -0.4 is 5.32 Å². The molecular formula is C16H23ClN2O2S. The highest BCUT2D eigenvalue weighted by atomic mass is 35.5. The second-order valence-corrected chi connectivity index (χ2v) is 7.22. The van der Waals surface area contributed by atoms with E-state index in [-0.39, 0.29) is 18.1 Å². The van der Waals surface area contributed by atoms with Crippen LogP contribution in [-0.2, 0) is 9.53 Å². The highest BCUT2D eigenvalue weighted by Gasteiger charge is 2.34. The van der Waals surface area contributed by atoms with Crippen LogP contribution in [0.4, 0.5) is 0 Å². The number of ether oxygens (including phenoxy) is 1. The summed E-state index contributed by atoms with van der Waals surface area (Å²) in [6, 6.07) is 8.04. The van der Waals surface area contributed by atoms with Gasteiger partial charge in [0.2, 0.25) is 5.91 Å². The predicted molar refractivity (Wildman–Crippen MR) is 91.6 cm³/mol. The standard InChI is InChI=1S/C16H23ClN2O2S/c1-11(2)19-8-14(15(9-19)21-3)18-16(20)10-22-13-6-4-12(17)5-7-13/h4-7,11,14-15H,8-10H2,1-3H3,(H,18,20)/t14-,15-/m1/s1. The molecule has 1 aromatic carbocycles. The monoisotopic (exact) mass is 342 g/mol. The van der Waals surface area contributed by atoms with Crippen molar-refractivity contribution in [2.24, 2.45) is 0 Å². The number of amides is 1. The first-order chi connectivity index (χ1) is 10.5. The van der Waals surface area contributed by atoms with Gasteiger partial charge in [0.05, 0.1) is 17.9 Å². The molecule has 1 saturated heterocycles. The molecule has 1 aliphatic heterocycles. The number of methoxy groups -OCH3 is 1. The Balaban J connectivity index is 1.82. The molecule has 4 nitrogen and oxygen atoms in total. The van der Waals surface area contributed by atoms with Crippen molar-refractivity contribution in [3.8, 4) is 0 Å². The van der Waals surface area contributed by atoms with E-state index in [1.807, 2.05) is 24.3 Å². The summed E-state index contributed by atoms with van der Waals surface area (Å²) in [6.45, 7) is 6.03. The fourth-order valence-corrected chi connectivity index (χ4v) is 3.37. The minimum atomic E-state index is 0.0395. The number of thioether (sulfide) groups is 1. The molecule has 122 valence electrons. The first kappa shape index (κ1) is 17.6. The van der Waals surface area contributed by atoms with Crippen LogP contribution in [0.3, 0.4) is 0 Å². The number of nitrogens with one attached hydrogen (secondary N) is 1. The minimum absolute atomic E-state index is 0.0395. The van der Waals surface area contributed by atoms with Crippen LogP contribution in [0.1, 0.15) is 13.8 Å². The van der Waals surface area contributed by atoms with E-state index in [9.17, 15) is 4.79 Å². The quantitative estimate of drug-likeness (QED) is 0.807. The van der Waals surface area contributed by atoms with Gasteiger partial charge in [-0.15, -0.1) is 11.8 Å². The van der Waals surface area contributed by atoms with Crippen molar-refractivity contribution in [1.29, 1.82) is 0 Å². The summed E-state index contributed by atoms with van der Waals surface area (Å²) < 4.78 is 5.50. The largest absolute Gasteiger partial charge is 0.378 e. The lowest BCUT2D eigenvalue weighted by Gasteiger charge is -2.20. The molecule has 1 N–H and O–H groups in total. The third-order valence-corrected chi connectivity index (χ3v) is 5.12. The zero-order chi connectivity index (χ0) is 16.1. The van der Waals surface area contributed by atoms with Gasteiger partial charge in [-0.05, 0) is 38.1 Å². The Bertz CT molecular complexity index is 495. The molecule has 1 heterocycles. The molecule has 22 heavy (non-hydrogen) atoms. The fourth-order valence-electron chi connectivity index (χ4n) is 2.53. The summed E-state index contributed by atoms with van der Waals surface area (Å²) in [6.07, 6.45) is 0.0619. The third kappa shape index (κ3) is 4.88. The molecule has 1 fully saturated rings. The predicted octanol–water partition coefficient (Wildman–Crippen LogP) is 2.66. The lowest BCUT2D eigenvalue weighted by Crippen LogP contribution is -2.44. The van der Waals surface area contributed by atoms with E-state index in [0.29, 0.717) is 16.8 Å². The molecule has 2 atom stereocenters. The van der Waals surface area contributed by atoms with Crippen LogP contribution in [0.2, 0.25) is 5.02 Å². The van der Waals surface area contributed by atoms with Gasteiger partial charge in [0.15, 0.2) is 0 Å². The Hall–Kier alpha value is -0.750. The number of rotatable bonds is 6. The van der Waals surface area contributed by atoms with E-state index in [1.165, 1.54) is 11.8 Å². The van der Waals surface area contributed by atoms with Gasteiger partial charge in [-0.1, -0.05) is 11.6 Å². The van der Waals surface area contributed by atoms with E-state index in [1.54, 1.807) is 7.11 Å². The fraction of sp³-hybridized carbons (Fsp3) is 0.562. The molecule has 0 radical (unpaired) electrons. The van der Waals surface area contributed by atoms with Crippen LogP contribution in [0.5, 0.6) is 0 Å². The number of likely N-dealkylation sites (tertiary alicyclic amines) is 1. The molecule has 0 spiro atoms. The van der Waals surface area contributed by atoms with Gasteiger partial charge < -0.3 is 10.1 Å². The highest BCUT2D eigenvalue weighted by Crippen LogP contribution is 2.21. The number of benzene rings is 1. The summed E-state index contributed by atoms with van der Waals surface area (Å²) in [5.74, 6) is 0.439. The van der Waals surface area contributed by atoms with Gasteiger partial charge >= 0.3 is 0 Å². The Morgan fingerprint density at radius 3 is 2.68 bits per heavy atom. The van der Waals surface area contributed by atoms with Crippen molar-refractivity contribution in [2.75, 3.05) is 26.0 Å². The highest BCUT2D eigenvalue weighted by molar-refractivity contribution is 8.00. The molecule has 0 saturated carbocycles. The van der Waals surface area contributed by atoms with Crippen LogP contribution in [0, 0.1) is 0 Å². The van der Waals surface area contributed by atoms with E-state index < -0.39 is 0 Å². The van der Waals surface area contributed by atoms with E-state index in [0.717, 1.165) is 18.0 Å². The Labute approximate surface area is 141 Å². The number of hydrogen-bond acceptors (Lipinski definition) is 4. The summed E-state index contributed by atoms with van der Waals surface area (Å²) in [5.41, 5.74) is 0. The van der Waals surface area contributed by atoms with Gasteiger partial charge in [-0.25, -0.2) is 0 Å². The Morgan fingerprint density at radius 2 is 2.09 bits per heavy atom. The lowest BCUT2D eigenvalue weighted by molar-refractivity contribution is -0.119. The molecule has 0 bridgehead atoms.